The highest BCUT2D eigenvalue weighted by Gasteiger charge is 2.24. The van der Waals surface area contributed by atoms with Gasteiger partial charge in [-0.3, -0.25) is 4.79 Å². The summed E-state index contributed by atoms with van der Waals surface area (Å²) in [6.45, 7) is 1.45. The van der Waals surface area contributed by atoms with E-state index in [-0.39, 0.29) is 12.0 Å². The molecule has 1 aliphatic rings. The van der Waals surface area contributed by atoms with Crippen LogP contribution in [0.1, 0.15) is 18.4 Å². The summed E-state index contributed by atoms with van der Waals surface area (Å²) in [6.07, 6.45) is 2.20. The Labute approximate surface area is 161 Å². The van der Waals surface area contributed by atoms with Gasteiger partial charge < -0.3 is 9.64 Å². The first-order valence-corrected chi connectivity index (χ1v) is 9.92. The largest absolute Gasteiger partial charge is 0.467 e. The quantitative estimate of drug-likeness (QED) is 0.660. The van der Waals surface area contributed by atoms with Crippen LogP contribution in [0.25, 0.3) is 10.2 Å². The number of ether oxygens (including phenoxy) is 1. The molecule has 0 N–H and O–H groups in total. The minimum Gasteiger partial charge on any atom is -0.467 e. The van der Waals surface area contributed by atoms with Crippen molar-refractivity contribution >= 4 is 39.1 Å². The number of thiazole rings is 1. The number of amides is 1. The molecule has 6 heteroatoms. The monoisotopic (exact) mass is 386 g/mol. The number of carbonyl (C=O) groups excluding carboxylic acids is 1. The highest BCUT2D eigenvalue weighted by Crippen LogP contribution is 2.33. The number of hydrogen-bond acceptors (Lipinski definition) is 4. The van der Waals surface area contributed by atoms with Crippen molar-refractivity contribution in [2.75, 3.05) is 13.1 Å². The van der Waals surface area contributed by atoms with Gasteiger partial charge in [-0.15, -0.1) is 0 Å². The van der Waals surface area contributed by atoms with Crippen LogP contribution in [0.15, 0.2) is 48.5 Å². The number of nitrogens with zero attached hydrogens (tertiary/aromatic N) is 2. The second-order valence-corrected chi connectivity index (χ2v) is 7.83. The maximum Gasteiger partial charge on any atom is 0.274 e. The smallest absolute Gasteiger partial charge is 0.274 e. The Morgan fingerprint density at radius 1 is 1.15 bits per heavy atom. The van der Waals surface area contributed by atoms with Gasteiger partial charge in [0.2, 0.25) is 5.91 Å². The van der Waals surface area contributed by atoms with E-state index >= 15 is 0 Å². The summed E-state index contributed by atoms with van der Waals surface area (Å²) in [7, 11) is 0. The van der Waals surface area contributed by atoms with E-state index in [1.165, 1.54) is 11.3 Å². The van der Waals surface area contributed by atoms with Crippen molar-refractivity contribution in [3.05, 3.63) is 59.1 Å². The van der Waals surface area contributed by atoms with E-state index in [9.17, 15) is 4.79 Å². The van der Waals surface area contributed by atoms with Gasteiger partial charge in [-0.1, -0.05) is 59.3 Å². The van der Waals surface area contributed by atoms with Crippen LogP contribution in [0.4, 0.5) is 0 Å². The van der Waals surface area contributed by atoms with Gasteiger partial charge in [-0.2, -0.15) is 0 Å². The zero-order valence-electron chi connectivity index (χ0n) is 14.2. The van der Waals surface area contributed by atoms with Crippen molar-refractivity contribution in [3.63, 3.8) is 0 Å². The normalized spacial score (nSPS) is 15.3. The lowest BCUT2D eigenvalue weighted by atomic mass is 10.1. The Morgan fingerprint density at radius 2 is 1.92 bits per heavy atom. The summed E-state index contributed by atoms with van der Waals surface area (Å²) in [5.41, 5.74) is 1.85. The second-order valence-electron chi connectivity index (χ2n) is 6.43. The van der Waals surface area contributed by atoms with E-state index in [1.807, 2.05) is 53.4 Å². The van der Waals surface area contributed by atoms with Crippen LogP contribution < -0.4 is 4.74 Å². The first-order valence-electron chi connectivity index (χ1n) is 8.72. The molecule has 1 aliphatic heterocycles. The van der Waals surface area contributed by atoms with Gasteiger partial charge >= 0.3 is 0 Å². The molecule has 0 spiro atoms. The van der Waals surface area contributed by atoms with Crippen molar-refractivity contribution in [2.24, 2.45) is 0 Å². The number of hydrogen-bond donors (Lipinski definition) is 0. The Morgan fingerprint density at radius 3 is 2.65 bits per heavy atom. The molecule has 1 fully saturated rings. The SMILES string of the molecule is O=C(Cc1ccccc1)N1CCC(Oc2nc3c(Cl)cccc3s2)CC1. The summed E-state index contributed by atoms with van der Waals surface area (Å²) in [5.74, 6) is 0.182. The van der Waals surface area contributed by atoms with Gasteiger partial charge in [-0.05, 0) is 17.7 Å². The molecule has 0 aliphatic carbocycles. The number of benzene rings is 2. The van der Waals surface area contributed by atoms with Gasteiger partial charge in [0.1, 0.15) is 11.6 Å². The van der Waals surface area contributed by atoms with Gasteiger partial charge in [0.15, 0.2) is 0 Å². The Bertz CT molecular complexity index is 905. The molecule has 0 radical (unpaired) electrons. The minimum atomic E-state index is 0.0927. The molecule has 1 aromatic heterocycles. The van der Waals surface area contributed by atoms with E-state index < -0.39 is 0 Å². The average Bonchev–Trinajstić information content (AvgIpc) is 3.07. The lowest BCUT2D eigenvalue weighted by molar-refractivity contribution is -0.132. The minimum absolute atomic E-state index is 0.0927. The predicted molar refractivity (Wildman–Crippen MR) is 105 cm³/mol. The van der Waals surface area contributed by atoms with Gasteiger partial charge in [-0.25, -0.2) is 4.98 Å². The molecule has 0 atom stereocenters. The molecular weight excluding hydrogens is 368 g/mol. The standard InChI is InChI=1S/C20H19ClN2O2S/c21-16-7-4-8-17-19(16)22-20(26-17)25-15-9-11-23(12-10-15)18(24)13-14-5-2-1-3-6-14/h1-8,15H,9-13H2. The van der Waals surface area contributed by atoms with Crippen LogP contribution in [-0.2, 0) is 11.2 Å². The first kappa shape index (κ1) is 17.3. The summed E-state index contributed by atoms with van der Waals surface area (Å²) in [4.78, 5) is 18.9. The van der Waals surface area contributed by atoms with E-state index in [2.05, 4.69) is 4.98 Å². The van der Waals surface area contributed by atoms with Crippen LogP contribution in [0.2, 0.25) is 5.02 Å². The average molecular weight is 387 g/mol. The Balaban J connectivity index is 1.33. The Hall–Kier alpha value is -2.11. The molecule has 2 heterocycles. The third-order valence-corrected chi connectivity index (χ3v) is 5.83. The highest BCUT2D eigenvalue weighted by molar-refractivity contribution is 7.20. The van der Waals surface area contributed by atoms with Crippen molar-refractivity contribution in [2.45, 2.75) is 25.4 Å². The van der Waals surface area contributed by atoms with Crippen molar-refractivity contribution < 1.29 is 9.53 Å². The molecule has 4 nitrogen and oxygen atoms in total. The van der Waals surface area contributed by atoms with E-state index in [1.54, 1.807) is 0 Å². The molecular formula is C20H19ClN2O2S. The number of para-hydroxylation sites is 1. The lowest BCUT2D eigenvalue weighted by Gasteiger charge is -2.31. The molecule has 0 unspecified atom stereocenters. The number of rotatable bonds is 4. The van der Waals surface area contributed by atoms with Crippen LogP contribution >= 0.6 is 22.9 Å². The second kappa shape index (κ2) is 7.64. The number of piperidine rings is 1. The lowest BCUT2D eigenvalue weighted by Crippen LogP contribution is -2.42. The fourth-order valence-corrected chi connectivity index (χ4v) is 4.37. The van der Waals surface area contributed by atoms with Crippen molar-refractivity contribution in [3.8, 4) is 5.19 Å². The Kier molecular flexibility index (Phi) is 5.09. The van der Waals surface area contributed by atoms with E-state index in [0.29, 0.717) is 16.6 Å². The summed E-state index contributed by atoms with van der Waals surface area (Å²) in [5, 5.41) is 1.30. The van der Waals surface area contributed by atoms with E-state index in [4.69, 9.17) is 16.3 Å². The molecule has 3 aromatic rings. The third-order valence-electron chi connectivity index (χ3n) is 4.61. The zero-order valence-corrected chi connectivity index (χ0v) is 15.8. The molecule has 26 heavy (non-hydrogen) atoms. The molecule has 4 rings (SSSR count). The molecule has 2 aromatic carbocycles. The maximum atomic E-state index is 12.4. The molecule has 134 valence electrons. The van der Waals surface area contributed by atoms with Gasteiger partial charge in [0.25, 0.3) is 5.19 Å². The molecule has 1 saturated heterocycles. The molecule has 0 bridgehead atoms. The number of likely N-dealkylation sites (tertiary alicyclic amines) is 1. The zero-order chi connectivity index (χ0) is 17.9. The topological polar surface area (TPSA) is 42.4 Å². The van der Waals surface area contributed by atoms with Crippen molar-refractivity contribution in [1.29, 1.82) is 0 Å². The number of aromatic nitrogens is 1. The van der Waals surface area contributed by atoms with Crippen molar-refractivity contribution in [1.82, 2.24) is 9.88 Å². The van der Waals surface area contributed by atoms with Gasteiger partial charge in [0.05, 0.1) is 16.1 Å². The number of fused-ring (bicyclic) bond motifs is 1. The third kappa shape index (κ3) is 3.84. The predicted octanol–water partition coefficient (Wildman–Crippen LogP) is 4.56. The van der Waals surface area contributed by atoms with Gasteiger partial charge in [0, 0.05) is 25.9 Å². The maximum absolute atomic E-state index is 12.4. The fourth-order valence-electron chi connectivity index (χ4n) is 3.19. The van der Waals surface area contributed by atoms with Crippen LogP contribution in [0, 0.1) is 0 Å². The molecule has 1 amide bonds. The highest BCUT2D eigenvalue weighted by atomic mass is 35.5. The first-order chi connectivity index (χ1) is 12.7. The van der Waals surface area contributed by atoms with E-state index in [0.717, 1.165) is 41.7 Å². The van der Waals surface area contributed by atoms with Crippen LogP contribution in [-0.4, -0.2) is 35.0 Å². The summed E-state index contributed by atoms with van der Waals surface area (Å²) in [6, 6.07) is 15.6. The number of halogens is 1. The number of carbonyl (C=O) groups is 1. The fraction of sp³-hybridized carbons (Fsp3) is 0.300. The van der Waals surface area contributed by atoms with Crippen LogP contribution in [0.3, 0.4) is 0 Å². The van der Waals surface area contributed by atoms with Crippen LogP contribution in [0.5, 0.6) is 5.19 Å². The molecule has 0 saturated carbocycles. The summed E-state index contributed by atoms with van der Waals surface area (Å²) < 4.78 is 7.08. The summed E-state index contributed by atoms with van der Waals surface area (Å²) >= 11 is 7.69.